The van der Waals surface area contributed by atoms with E-state index in [1.807, 2.05) is 0 Å². The topological polar surface area (TPSA) is 43.7 Å². The van der Waals surface area contributed by atoms with Crippen LogP contribution >= 0.6 is 0 Å². The Morgan fingerprint density at radius 3 is 2.00 bits per heavy atom. The van der Waals surface area contributed by atoms with Crippen molar-refractivity contribution in [1.29, 1.82) is 0 Å². The Morgan fingerprint density at radius 1 is 1.23 bits per heavy atom. The Kier molecular flexibility index (Phi) is 4.16. The van der Waals surface area contributed by atoms with Crippen LogP contribution in [-0.2, 0) is 0 Å². The molecular formula is C10H21NO2. The van der Waals surface area contributed by atoms with Crippen LogP contribution < -0.4 is 0 Å². The third-order valence-electron chi connectivity index (χ3n) is 3.07. The van der Waals surface area contributed by atoms with Gasteiger partial charge in [-0.25, -0.2) is 0 Å². The van der Waals surface area contributed by atoms with E-state index in [1.165, 1.54) is 12.8 Å². The molecule has 0 radical (unpaired) electrons. The van der Waals surface area contributed by atoms with Crippen LogP contribution in [0.5, 0.6) is 0 Å². The van der Waals surface area contributed by atoms with Gasteiger partial charge in [0.1, 0.15) is 0 Å². The van der Waals surface area contributed by atoms with Gasteiger partial charge in [-0.2, -0.15) is 0 Å². The predicted octanol–water partition coefficient (Wildman–Crippen LogP) is 0.602. The number of aliphatic hydroxyl groups excluding tert-OH is 2. The molecule has 2 fully saturated rings. The summed E-state index contributed by atoms with van der Waals surface area (Å²) in [5.41, 5.74) is 0. The maximum absolute atomic E-state index is 9.38. The highest BCUT2D eigenvalue weighted by molar-refractivity contribution is 4.93. The summed E-state index contributed by atoms with van der Waals surface area (Å²) in [5.74, 6) is 0. The third kappa shape index (κ3) is 2.66. The Hall–Kier alpha value is -0.120. The van der Waals surface area contributed by atoms with Gasteiger partial charge in [0, 0.05) is 18.7 Å². The summed E-state index contributed by atoms with van der Waals surface area (Å²) in [6.45, 7) is 1.93. The lowest BCUT2D eigenvalue weighted by Gasteiger charge is -2.33. The molecule has 2 saturated heterocycles. The van der Waals surface area contributed by atoms with Crippen molar-refractivity contribution in [1.82, 2.24) is 4.90 Å². The van der Waals surface area contributed by atoms with Crippen LogP contribution in [0.25, 0.3) is 0 Å². The zero-order valence-corrected chi connectivity index (χ0v) is 8.61. The van der Waals surface area contributed by atoms with E-state index in [1.54, 1.807) is 6.92 Å². The molecule has 3 nitrogen and oxygen atoms in total. The molecule has 2 heterocycles. The highest BCUT2D eigenvalue weighted by Crippen LogP contribution is 2.33. The first-order valence-corrected chi connectivity index (χ1v) is 5.19. The fraction of sp³-hybridized carbons (Fsp3) is 1.00. The summed E-state index contributed by atoms with van der Waals surface area (Å²) in [4.78, 5) is 2.44. The molecule has 0 spiro atoms. The first-order valence-electron chi connectivity index (χ1n) is 5.19. The highest BCUT2D eigenvalue weighted by Gasteiger charge is 2.37. The Balaban J connectivity index is 0.000000251. The number of fused-ring (bicyclic) bond motifs is 2. The van der Waals surface area contributed by atoms with Crippen molar-refractivity contribution in [3.05, 3.63) is 0 Å². The highest BCUT2D eigenvalue weighted by atomic mass is 16.3. The molecule has 0 aromatic heterocycles. The molecular weight excluding hydrogens is 166 g/mol. The van der Waals surface area contributed by atoms with Crippen molar-refractivity contribution >= 4 is 0 Å². The molecule has 78 valence electrons. The second kappa shape index (κ2) is 4.94. The van der Waals surface area contributed by atoms with Gasteiger partial charge in [0.05, 0.1) is 6.10 Å². The van der Waals surface area contributed by atoms with Crippen molar-refractivity contribution in [3.63, 3.8) is 0 Å². The van der Waals surface area contributed by atoms with Crippen LogP contribution in [0.3, 0.4) is 0 Å². The molecule has 13 heavy (non-hydrogen) atoms. The van der Waals surface area contributed by atoms with Crippen molar-refractivity contribution in [2.24, 2.45) is 0 Å². The van der Waals surface area contributed by atoms with Crippen LogP contribution in [-0.4, -0.2) is 47.0 Å². The molecule has 2 bridgehead atoms. The fourth-order valence-corrected chi connectivity index (χ4v) is 2.38. The van der Waals surface area contributed by atoms with Gasteiger partial charge in [0.25, 0.3) is 0 Å². The molecule has 2 aliphatic rings. The molecule has 2 aliphatic heterocycles. The van der Waals surface area contributed by atoms with E-state index < -0.39 is 0 Å². The number of rotatable bonds is 0. The molecule has 0 aromatic rings. The van der Waals surface area contributed by atoms with Gasteiger partial charge in [-0.1, -0.05) is 0 Å². The second-order valence-corrected chi connectivity index (χ2v) is 3.99. The van der Waals surface area contributed by atoms with Gasteiger partial charge in [-0.05, 0) is 39.7 Å². The predicted molar refractivity (Wildman–Crippen MR) is 52.6 cm³/mol. The summed E-state index contributed by atoms with van der Waals surface area (Å²) in [6.07, 6.45) is 4.62. The minimum atomic E-state index is -0.00583. The van der Waals surface area contributed by atoms with Crippen molar-refractivity contribution < 1.29 is 10.2 Å². The normalized spacial score (nSPS) is 38.3. The van der Waals surface area contributed by atoms with E-state index in [0.29, 0.717) is 12.1 Å². The SMILES string of the molecule is CCO.CN1[C@@H]2CC[C@H]1C[C@@H](O)C2. The Labute approximate surface area is 80.4 Å². The van der Waals surface area contributed by atoms with Crippen LogP contribution in [0.15, 0.2) is 0 Å². The number of nitrogens with zero attached hydrogens (tertiary/aromatic N) is 1. The molecule has 2 rings (SSSR count). The number of aliphatic hydroxyl groups is 2. The van der Waals surface area contributed by atoms with Crippen LogP contribution in [0.4, 0.5) is 0 Å². The molecule has 3 atom stereocenters. The van der Waals surface area contributed by atoms with Crippen molar-refractivity contribution in [3.8, 4) is 0 Å². The first-order chi connectivity index (χ1) is 6.19. The van der Waals surface area contributed by atoms with Crippen molar-refractivity contribution in [2.75, 3.05) is 13.7 Å². The van der Waals surface area contributed by atoms with E-state index in [0.717, 1.165) is 12.8 Å². The Morgan fingerprint density at radius 2 is 1.62 bits per heavy atom. The van der Waals surface area contributed by atoms with E-state index in [2.05, 4.69) is 11.9 Å². The monoisotopic (exact) mass is 187 g/mol. The average molecular weight is 187 g/mol. The summed E-state index contributed by atoms with van der Waals surface area (Å²) in [5, 5.41) is 17.0. The van der Waals surface area contributed by atoms with Gasteiger partial charge in [-0.3, -0.25) is 0 Å². The quantitative estimate of drug-likeness (QED) is 0.584. The second-order valence-electron chi connectivity index (χ2n) is 3.99. The van der Waals surface area contributed by atoms with Gasteiger partial charge in [0.2, 0.25) is 0 Å². The molecule has 3 heteroatoms. The smallest absolute Gasteiger partial charge is 0.0570 e. The lowest BCUT2D eigenvalue weighted by Crippen LogP contribution is -2.41. The van der Waals surface area contributed by atoms with Crippen molar-refractivity contribution in [2.45, 2.75) is 50.8 Å². The zero-order valence-electron chi connectivity index (χ0n) is 8.61. The van der Waals surface area contributed by atoms with Crippen LogP contribution in [0.1, 0.15) is 32.6 Å². The number of hydrogen-bond donors (Lipinski definition) is 2. The van der Waals surface area contributed by atoms with Gasteiger partial charge >= 0.3 is 0 Å². The molecule has 0 aromatic carbocycles. The van der Waals surface area contributed by atoms with Gasteiger partial charge in [-0.15, -0.1) is 0 Å². The summed E-state index contributed by atoms with van der Waals surface area (Å²) < 4.78 is 0. The maximum Gasteiger partial charge on any atom is 0.0570 e. The summed E-state index contributed by atoms with van der Waals surface area (Å²) in [7, 11) is 2.19. The fourth-order valence-electron chi connectivity index (χ4n) is 2.38. The largest absolute Gasteiger partial charge is 0.397 e. The minimum absolute atomic E-state index is 0.00583. The standard InChI is InChI=1S/C8H15NO.C2H6O/c1-9-6-2-3-7(9)5-8(10)4-6;1-2-3/h6-8,10H,2-5H2,1H3;3H,2H2,1H3/t6-,7+,8+;. The van der Waals surface area contributed by atoms with E-state index in [4.69, 9.17) is 5.11 Å². The maximum atomic E-state index is 9.38. The number of piperidine rings is 1. The third-order valence-corrected chi connectivity index (χ3v) is 3.07. The van der Waals surface area contributed by atoms with E-state index in [9.17, 15) is 5.11 Å². The van der Waals surface area contributed by atoms with Crippen LogP contribution in [0, 0.1) is 0 Å². The molecule has 0 unspecified atom stereocenters. The number of hydrogen-bond acceptors (Lipinski definition) is 3. The minimum Gasteiger partial charge on any atom is -0.397 e. The zero-order chi connectivity index (χ0) is 9.84. The lowest BCUT2D eigenvalue weighted by atomic mass is 10.0. The lowest BCUT2D eigenvalue weighted by molar-refractivity contribution is 0.0503. The van der Waals surface area contributed by atoms with E-state index in [-0.39, 0.29) is 12.7 Å². The molecule has 0 aliphatic carbocycles. The first kappa shape index (κ1) is 11.0. The molecule has 2 N–H and O–H groups in total. The van der Waals surface area contributed by atoms with Crippen LogP contribution in [0.2, 0.25) is 0 Å². The molecule has 0 amide bonds. The van der Waals surface area contributed by atoms with Gasteiger partial charge in [0.15, 0.2) is 0 Å². The average Bonchev–Trinajstić information content (AvgIpc) is 2.35. The van der Waals surface area contributed by atoms with Gasteiger partial charge < -0.3 is 15.1 Å². The summed E-state index contributed by atoms with van der Waals surface area (Å²) >= 11 is 0. The van der Waals surface area contributed by atoms with E-state index >= 15 is 0 Å². The summed E-state index contributed by atoms with van der Waals surface area (Å²) in [6, 6.07) is 1.38. The molecule has 0 saturated carbocycles. The Bertz CT molecular complexity index is 138.